The van der Waals surface area contributed by atoms with Gasteiger partial charge in [-0.2, -0.15) is 0 Å². The van der Waals surface area contributed by atoms with E-state index in [9.17, 15) is 44.1 Å². The van der Waals surface area contributed by atoms with E-state index in [0.717, 1.165) is 57.8 Å². The molecule has 13 heteroatoms. The molecule has 12 nitrogen and oxygen atoms in total. The van der Waals surface area contributed by atoms with Crippen molar-refractivity contribution in [1.29, 1.82) is 0 Å². The molecule has 3 aromatic carbocycles. The SMILES string of the molecule is CCCCCCCCCCCCCOC(=O)c1ccccc1C(=O)[O-].CCCCCCCCCCCCCOC(=O)c1ccccc1C(=O)[O-].CCCCCCCCCCCCCOC(=O)c1ccccc1C(=O)[O-].[Al+3]. The van der Waals surface area contributed by atoms with Crippen LogP contribution in [0.2, 0.25) is 0 Å². The molecule has 0 amide bonds. The quantitative estimate of drug-likeness (QED) is 0.0225. The fraction of sp³-hybridized carbons (Fsp3) is 0.619. The summed E-state index contributed by atoms with van der Waals surface area (Å²) in [6.07, 6.45) is 40.6. The molecule has 420 valence electrons. The molecular formula is C63H93AlO12. The zero-order valence-corrected chi connectivity index (χ0v) is 48.0. The van der Waals surface area contributed by atoms with E-state index in [-0.39, 0.29) is 50.7 Å². The largest absolute Gasteiger partial charge is 3.00 e. The standard InChI is InChI=1S/3C21H32O4.Al/c3*1-2-3-4-5-6-7-8-9-10-11-14-17-25-21(24)19-16-13-12-15-18(19)20(22)23;/h3*12-13,15-16H,2-11,14,17H2,1H3,(H,22,23);/q;;;+3/p-3. The molecule has 0 atom stereocenters. The molecule has 0 fully saturated rings. The first kappa shape index (κ1) is 71.0. The topological polar surface area (TPSA) is 199 Å². The number of hydrogen-bond donors (Lipinski definition) is 0. The zero-order valence-electron chi connectivity index (χ0n) is 46.9. The van der Waals surface area contributed by atoms with Crippen LogP contribution in [0.3, 0.4) is 0 Å². The van der Waals surface area contributed by atoms with Gasteiger partial charge in [0.15, 0.2) is 0 Å². The van der Waals surface area contributed by atoms with Crippen molar-refractivity contribution in [3.63, 3.8) is 0 Å². The normalized spacial score (nSPS) is 10.5. The Bertz CT molecular complexity index is 1760. The van der Waals surface area contributed by atoms with E-state index in [1.807, 2.05) is 0 Å². The van der Waals surface area contributed by atoms with Gasteiger partial charge in [0.05, 0.1) is 54.4 Å². The van der Waals surface area contributed by atoms with E-state index in [2.05, 4.69) is 20.8 Å². The van der Waals surface area contributed by atoms with Gasteiger partial charge < -0.3 is 43.9 Å². The first-order valence-corrected chi connectivity index (χ1v) is 28.9. The Morgan fingerprint density at radius 3 is 0.605 bits per heavy atom. The minimum atomic E-state index is -1.36. The fourth-order valence-electron chi connectivity index (χ4n) is 8.54. The number of aromatic carboxylic acids is 3. The van der Waals surface area contributed by atoms with Gasteiger partial charge in [-0.15, -0.1) is 0 Å². The third-order valence-electron chi connectivity index (χ3n) is 13.0. The molecule has 3 rings (SSSR count). The van der Waals surface area contributed by atoms with E-state index in [0.29, 0.717) is 19.8 Å². The number of carboxylic acid groups (broad SMARTS) is 3. The van der Waals surface area contributed by atoms with Gasteiger partial charge in [-0.1, -0.05) is 268 Å². The summed E-state index contributed by atoms with van der Waals surface area (Å²) in [5, 5.41) is 32.9. The minimum Gasteiger partial charge on any atom is -0.545 e. The van der Waals surface area contributed by atoms with Gasteiger partial charge in [-0.25, -0.2) is 14.4 Å². The van der Waals surface area contributed by atoms with Crippen molar-refractivity contribution in [2.45, 2.75) is 233 Å². The van der Waals surface area contributed by atoms with Crippen molar-refractivity contribution in [2.75, 3.05) is 19.8 Å². The number of ether oxygens (including phenoxy) is 3. The van der Waals surface area contributed by atoms with Crippen LogP contribution in [0, 0.1) is 0 Å². The van der Waals surface area contributed by atoms with Crippen molar-refractivity contribution in [3.8, 4) is 0 Å². The average molecular weight is 1070 g/mol. The minimum absolute atomic E-state index is 0. The Morgan fingerprint density at radius 2 is 0.434 bits per heavy atom. The van der Waals surface area contributed by atoms with Gasteiger partial charge in [0.25, 0.3) is 0 Å². The van der Waals surface area contributed by atoms with Crippen molar-refractivity contribution in [2.24, 2.45) is 0 Å². The van der Waals surface area contributed by atoms with Crippen molar-refractivity contribution >= 4 is 53.2 Å². The van der Waals surface area contributed by atoms with Gasteiger partial charge >= 0.3 is 35.3 Å². The third kappa shape index (κ3) is 36.1. The number of rotatable bonds is 42. The average Bonchev–Trinajstić information content (AvgIpc) is 3.41. The second kappa shape index (κ2) is 49.6. The van der Waals surface area contributed by atoms with Crippen LogP contribution in [0.4, 0.5) is 0 Å². The van der Waals surface area contributed by atoms with Crippen LogP contribution in [0.1, 0.15) is 295 Å². The summed E-state index contributed by atoms with van der Waals surface area (Å²) in [7, 11) is 0. The van der Waals surface area contributed by atoms with Crippen molar-refractivity contribution in [3.05, 3.63) is 106 Å². The second-order valence-electron chi connectivity index (χ2n) is 19.5. The maximum absolute atomic E-state index is 11.9. The van der Waals surface area contributed by atoms with Crippen molar-refractivity contribution < 1.29 is 58.3 Å². The summed E-state index contributed by atoms with van der Waals surface area (Å²) in [4.78, 5) is 68.8. The summed E-state index contributed by atoms with van der Waals surface area (Å²) < 4.78 is 15.5. The number of carbonyl (C=O) groups excluding carboxylic acids is 6. The second-order valence-corrected chi connectivity index (χ2v) is 19.5. The molecule has 0 heterocycles. The van der Waals surface area contributed by atoms with Gasteiger partial charge in [-0.05, 0) is 37.5 Å². The van der Waals surface area contributed by atoms with Crippen LogP contribution >= 0.6 is 0 Å². The molecule has 0 radical (unpaired) electrons. The Hall–Kier alpha value is -4.99. The fourth-order valence-corrected chi connectivity index (χ4v) is 8.54. The molecule has 0 N–H and O–H groups in total. The molecule has 3 aromatic rings. The van der Waals surface area contributed by atoms with Crippen LogP contribution in [-0.4, -0.2) is 73.0 Å². The summed E-state index contributed by atoms with van der Waals surface area (Å²) in [5.41, 5.74) is -0.175. The molecular weight excluding hydrogens is 976 g/mol. The number of benzene rings is 3. The van der Waals surface area contributed by atoms with E-state index in [1.165, 1.54) is 190 Å². The maximum atomic E-state index is 11.9. The first-order valence-electron chi connectivity index (χ1n) is 28.9. The van der Waals surface area contributed by atoms with E-state index < -0.39 is 35.8 Å². The van der Waals surface area contributed by atoms with Gasteiger partial charge in [0.1, 0.15) is 0 Å². The molecule has 0 saturated heterocycles. The number of hydrogen-bond acceptors (Lipinski definition) is 12. The van der Waals surface area contributed by atoms with E-state index in [1.54, 1.807) is 36.4 Å². The smallest absolute Gasteiger partial charge is 0.545 e. The number of unbranched alkanes of at least 4 members (excludes halogenated alkanes) is 30. The van der Waals surface area contributed by atoms with Crippen LogP contribution in [0.15, 0.2) is 72.8 Å². The Morgan fingerprint density at radius 1 is 0.276 bits per heavy atom. The summed E-state index contributed by atoms with van der Waals surface area (Å²) in [5.74, 6) is -5.85. The van der Waals surface area contributed by atoms with Gasteiger partial charge in [0, 0.05) is 16.7 Å². The summed E-state index contributed by atoms with van der Waals surface area (Å²) in [6, 6.07) is 18.0. The Balaban J connectivity index is 0.00000110. The Labute approximate surface area is 468 Å². The van der Waals surface area contributed by atoms with E-state index >= 15 is 0 Å². The number of carboxylic acids is 3. The van der Waals surface area contributed by atoms with Gasteiger partial charge in [-0.3, -0.25) is 0 Å². The molecule has 0 aliphatic rings. The molecule has 76 heavy (non-hydrogen) atoms. The molecule has 0 unspecified atom stereocenters. The molecule has 0 spiro atoms. The molecule has 0 saturated carbocycles. The molecule has 0 aliphatic carbocycles. The van der Waals surface area contributed by atoms with Crippen LogP contribution in [0.25, 0.3) is 0 Å². The van der Waals surface area contributed by atoms with Gasteiger partial charge in [0.2, 0.25) is 0 Å². The summed E-state index contributed by atoms with van der Waals surface area (Å²) in [6.45, 7) is 7.70. The Kier molecular flexibility index (Phi) is 46.3. The third-order valence-corrected chi connectivity index (χ3v) is 13.0. The van der Waals surface area contributed by atoms with Crippen LogP contribution < -0.4 is 15.3 Å². The predicted molar refractivity (Wildman–Crippen MR) is 298 cm³/mol. The summed E-state index contributed by atoms with van der Waals surface area (Å²) >= 11 is 0. The number of esters is 3. The predicted octanol–water partition coefficient (Wildman–Crippen LogP) is 13.2. The van der Waals surface area contributed by atoms with E-state index in [4.69, 9.17) is 14.2 Å². The zero-order chi connectivity index (χ0) is 55.0. The first-order chi connectivity index (χ1) is 36.5. The molecule has 0 aliphatic heterocycles. The van der Waals surface area contributed by atoms with Crippen LogP contribution in [-0.2, 0) is 14.2 Å². The van der Waals surface area contributed by atoms with Crippen molar-refractivity contribution in [1.82, 2.24) is 0 Å². The number of carbonyl (C=O) groups is 6. The van der Waals surface area contributed by atoms with Crippen LogP contribution in [0.5, 0.6) is 0 Å². The molecule has 0 aromatic heterocycles. The maximum Gasteiger partial charge on any atom is 3.00 e. The molecule has 0 bridgehead atoms. The monoisotopic (exact) mass is 1070 g/mol.